The van der Waals surface area contributed by atoms with E-state index in [0.29, 0.717) is 49.6 Å². The van der Waals surface area contributed by atoms with E-state index in [4.69, 9.17) is 9.51 Å². The number of amides is 1. The molecule has 1 aliphatic heterocycles. The van der Waals surface area contributed by atoms with Gasteiger partial charge in [-0.25, -0.2) is 9.37 Å². The van der Waals surface area contributed by atoms with E-state index in [9.17, 15) is 22.4 Å². The molecule has 1 saturated heterocycles. The smallest absolute Gasteiger partial charge is 0.352 e. The van der Waals surface area contributed by atoms with Crippen LogP contribution in [-0.2, 0) is 23.8 Å². The van der Waals surface area contributed by atoms with Crippen LogP contribution in [0, 0.1) is 5.82 Å². The molecule has 2 aromatic carbocycles. The van der Waals surface area contributed by atoms with E-state index in [2.05, 4.69) is 10.1 Å². The summed E-state index contributed by atoms with van der Waals surface area (Å²) < 4.78 is 58.8. The van der Waals surface area contributed by atoms with Gasteiger partial charge in [0.25, 0.3) is 5.71 Å². The average Bonchev–Trinajstić information content (AvgIpc) is 3.33. The van der Waals surface area contributed by atoms with Gasteiger partial charge >= 0.3 is 6.18 Å². The fraction of sp³-hybridized carbons (Fsp3) is 0.333. The number of aromatic nitrogens is 3. The van der Waals surface area contributed by atoms with Crippen molar-refractivity contribution >= 4 is 22.8 Å². The molecular weight excluding hydrogens is 502 g/mol. The number of halogens is 4. The molecule has 0 spiro atoms. The number of benzene rings is 2. The summed E-state index contributed by atoms with van der Waals surface area (Å²) in [5.41, 5.74) is 0.639. The van der Waals surface area contributed by atoms with Crippen LogP contribution in [0.5, 0.6) is 0 Å². The number of anilines is 1. The van der Waals surface area contributed by atoms with E-state index in [1.54, 1.807) is 23.1 Å². The molecule has 1 aliphatic rings. The average molecular weight is 528 g/mol. The monoisotopic (exact) mass is 527 g/mol. The predicted octanol–water partition coefficient (Wildman–Crippen LogP) is 5.29. The fourth-order valence-electron chi connectivity index (χ4n) is 4.54. The Morgan fingerprint density at radius 3 is 2.45 bits per heavy atom. The van der Waals surface area contributed by atoms with Crippen LogP contribution in [0.15, 0.2) is 53.1 Å². The van der Waals surface area contributed by atoms with Gasteiger partial charge in [0.15, 0.2) is 0 Å². The van der Waals surface area contributed by atoms with E-state index < -0.39 is 11.7 Å². The Bertz CT molecular complexity index is 1440. The van der Waals surface area contributed by atoms with E-state index >= 15 is 0 Å². The van der Waals surface area contributed by atoms with Crippen LogP contribution >= 0.6 is 0 Å². The number of carbonyl (C=O) groups is 1. The number of rotatable bonds is 6. The first-order valence-corrected chi connectivity index (χ1v) is 12.3. The van der Waals surface area contributed by atoms with E-state index in [1.807, 2.05) is 11.8 Å². The topological polar surface area (TPSA) is 75.4 Å². The maximum absolute atomic E-state index is 13.4. The van der Waals surface area contributed by atoms with Gasteiger partial charge in [0, 0.05) is 38.2 Å². The first kappa shape index (κ1) is 25.6. The molecule has 4 aromatic rings. The van der Waals surface area contributed by atoms with Crippen molar-refractivity contribution in [3.8, 4) is 11.3 Å². The standard InChI is InChI=1S/C27H25F4N5O2/c1-2-4-21-32-25(36-13-11-35(12-14-36)22(37)15-17-7-9-20(28)10-8-17)23-24(34-38-26(23)33-21)18-5-3-6-19(16-18)27(29,30)31/h3,5-10,16H,2,4,11-15H2,1H3. The fourth-order valence-corrected chi connectivity index (χ4v) is 4.54. The molecular formula is C27H25F4N5O2. The third-order valence-corrected chi connectivity index (χ3v) is 6.50. The molecule has 7 nitrogen and oxygen atoms in total. The quantitative estimate of drug-likeness (QED) is 0.318. The molecule has 3 heterocycles. The minimum atomic E-state index is -4.50. The number of nitrogens with zero attached hydrogens (tertiary/aromatic N) is 5. The maximum Gasteiger partial charge on any atom is 0.416 e. The molecule has 5 rings (SSSR count). The van der Waals surface area contributed by atoms with Crippen molar-refractivity contribution in [3.05, 3.63) is 71.3 Å². The number of fused-ring (bicyclic) bond motifs is 1. The van der Waals surface area contributed by atoms with Crippen LogP contribution in [-0.4, -0.2) is 52.1 Å². The summed E-state index contributed by atoms with van der Waals surface area (Å²) in [6.07, 6.45) is -2.94. The normalized spacial score (nSPS) is 14.3. The second-order valence-electron chi connectivity index (χ2n) is 9.17. The summed E-state index contributed by atoms with van der Waals surface area (Å²) in [5.74, 6) is 0.659. The van der Waals surface area contributed by atoms with Crippen molar-refractivity contribution in [1.82, 2.24) is 20.0 Å². The summed E-state index contributed by atoms with van der Waals surface area (Å²) in [6.45, 7) is 3.77. The molecule has 0 bridgehead atoms. The number of aryl methyl sites for hydroxylation is 1. The van der Waals surface area contributed by atoms with Crippen molar-refractivity contribution in [2.24, 2.45) is 0 Å². The lowest BCUT2D eigenvalue weighted by Gasteiger charge is -2.35. The maximum atomic E-state index is 13.4. The predicted molar refractivity (Wildman–Crippen MR) is 133 cm³/mol. The van der Waals surface area contributed by atoms with Crippen LogP contribution in [0.4, 0.5) is 23.4 Å². The van der Waals surface area contributed by atoms with Gasteiger partial charge in [-0.05, 0) is 36.2 Å². The molecule has 11 heteroatoms. The molecule has 2 aromatic heterocycles. The second kappa shape index (κ2) is 10.4. The van der Waals surface area contributed by atoms with Gasteiger partial charge in [-0.1, -0.05) is 36.3 Å². The number of carbonyl (C=O) groups excluding carboxylic acids is 1. The van der Waals surface area contributed by atoms with Crippen molar-refractivity contribution < 1.29 is 26.9 Å². The summed E-state index contributed by atoms with van der Waals surface area (Å²) in [6, 6.07) is 10.8. The summed E-state index contributed by atoms with van der Waals surface area (Å²) in [4.78, 5) is 25.8. The molecule has 198 valence electrons. The lowest BCUT2D eigenvalue weighted by atomic mass is 10.1. The second-order valence-corrected chi connectivity index (χ2v) is 9.17. The Labute approximate surface area is 216 Å². The van der Waals surface area contributed by atoms with Crippen LogP contribution in [0.25, 0.3) is 22.4 Å². The first-order valence-electron chi connectivity index (χ1n) is 12.3. The van der Waals surface area contributed by atoms with Crippen LogP contribution < -0.4 is 4.90 Å². The number of piperazine rings is 1. The Morgan fingerprint density at radius 2 is 1.76 bits per heavy atom. The number of alkyl halides is 3. The van der Waals surface area contributed by atoms with Gasteiger partial charge in [-0.3, -0.25) is 4.79 Å². The Kier molecular flexibility index (Phi) is 7.00. The van der Waals surface area contributed by atoms with Gasteiger partial charge < -0.3 is 14.3 Å². The highest BCUT2D eigenvalue weighted by Crippen LogP contribution is 2.37. The Morgan fingerprint density at radius 1 is 1.03 bits per heavy atom. The van der Waals surface area contributed by atoms with Crippen molar-refractivity contribution in [2.45, 2.75) is 32.4 Å². The molecule has 38 heavy (non-hydrogen) atoms. The van der Waals surface area contributed by atoms with Gasteiger partial charge in [0.2, 0.25) is 5.91 Å². The van der Waals surface area contributed by atoms with E-state index in [1.165, 1.54) is 18.2 Å². The SMILES string of the molecule is CCCc1nc(N2CCN(C(=O)Cc3ccc(F)cc3)CC2)c2c(-c3cccc(C(F)(F)F)c3)noc2n1. The molecule has 1 fully saturated rings. The lowest BCUT2D eigenvalue weighted by Crippen LogP contribution is -2.49. The molecule has 0 atom stereocenters. The van der Waals surface area contributed by atoms with Crippen molar-refractivity contribution in [1.29, 1.82) is 0 Å². The largest absolute Gasteiger partial charge is 0.416 e. The van der Waals surface area contributed by atoms with Crippen LogP contribution in [0.1, 0.15) is 30.3 Å². The van der Waals surface area contributed by atoms with Gasteiger partial charge in [0.1, 0.15) is 28.5 Å². The number of hydrogen-bond donors (Lipinski definition) is 0. The molecule has 0 saturated carbocycles. The van der Waals surface area contributed by atoms with E-state index in [-0.39, 0.29) is 35.1 Å². The molecule has 0 aliphatic carbocycles. The van der Waals surface area contributed by atoms with E-state index in [0.717, 1.165) is 24.1 Å². The minimum absolute atomic E-state index is 0.0644. The zero-order chi connectivity index (χ0) is 26.9. The third-order valence-electron chi connectivity index (χ3n) is 6.50. The molecule has 0 N–H and O–H groups in total. The molecule has 0 radical (unpaired) electrons. The van der Waals surface area contributed by atoms with Crippen molar-refractivity contribution in [3.63, 3.8) is 0 Å². The molecule has 0 unspecified atom stereocenters. The van der Waals surface area contributed by atoms with Gasteiger partial charge in [0.05, 0.1) is 12.0 Å². The summed E-state index contributed by atoms with van der Waals surface area (Å²) in [7, 11) is 0. The van der Waals surface area contributed by atoms with Crippen LogP contribution in [0.3, 0.4) is 0 Å². The third kappa shape index (κ3) is 5.32. The summed E-state index contributed by atoms with van der Waals surface area (Å²) >= 11 is 0. The summed E-state index contributed by atoms with van der Waals surface area (Å²) in [5, 5.41) is 4.52. The zero-order valence-corrected chi connectivity index (χ0v) is 20.6. The minimum Gasteiger partial charge on any atom is -0.352 e. The van der Waals surface area contributed by atoms with Gasteiger partial charge in [-0.2, -0.15) is 18.2 Å². The first-order chi connectivity index (χ1) is 18.2. The number of hydrogen-bond acceptors (Lipinski definition) is 6. The lowest BCUT2D eigenvalue weighted by molar-refractivity contribution is -0.137. The van der Waals surface area contributed by atoms with Gasteiger partial charge in [-0.15, -0.1) is 0 Å². The highest BCUT2D eigenvalue weighted by atomic mass is 19.4. The van der Waals surface area contributed by atoms with Crippen LogP contribution in [0.2, 0.25) is 0 Å². The van der Waals surface area contributed by atoms with Crippen molar-refractivity contribution in [2.75, 3.05) is 31.1 Å². The molecule has 1 amide bonds. The highest BCUT2D eigenvalue weighted by Gasteiger charge is 2.32. The zero-order valence-electron chi connectivity index (χ0n) is 20.6. The highest BCUT2D eigenvalue weighted by molar-refractivity contribution is 5.98. The Hall–Kier alpha value is -4.02. The Balaban J connectivity index is 1.43.